The maximum atomic E-state index is 12.8. The Morgan fingerprint density at radius 2 is 2.00 bits per heavy atom. The van der Waals surface area contributed by atoms with E-state index in [1.54, 1.807) is 0 Å². The van der Waals surface area contributed by atoms with E-state index in [-0.39, 0.29) is 17.9 Å². The largest absolute Gasteiger partial charge is 0.573 e. The first-order chi connectivity index (χ1) is 12.8. The molecule has 142 valence electrons. The lowest BCUT2D eigenvalue weighted by molar-refractivity contribution is -0.274. The molecule has 0 saturated heterocycles. The third-order valence-corrected chi connectivity index (χ3v) is 5.76. The van der Waals surface area contributed by atoms with Crippen LogP contribution in [0.4, 0.5) is 13.2 Å². The molecule has 1 N–H and O–H groups in total. The Bertz CT molecular complexity index is 1040. The Hall–Kier alpha value is -2.39. The smallest absolute Gasteiger partial charge is 0.406 e. The first-order valence-corrected chi connectivity index (χ1v) is 9.17. The highest BCUT2D eigenvalue weighted by molar-refractivity contribution is 7.18. The number of aliphatic hydroxyl groups excluding tert-OH is 1. The third-order valence-electron chi connectivity index (χ3n) is 4.56. The number of aliphatic hydroxyl groups is 1. The topological polar surface area (TPSA) is 64.4 Å². The van der Waals surface area contributed by atoms with Crippen molar-refractivity contribution in [3.05, 3.63) is 57.0 Å². The van der Waals surface area contributed by atoms with Crippen LogP contribution in [0, 0.1) is 0 Å². The van der Waals surface area contributed by atoms with Gasteiger partial charge in [-0.25, -0.2) is 4.98 Å². The normalized spacial score (nSPS) is 15.1. The SMILES string of the molecule is O=c1c2c3c(sc2ncn1C[C@H](O)c1ccc(OC(F)(F)F)cc1)CCC3. The van der Waals surface area contributed by atoms with Gasteiger partial charge >= 0.3 is 6.36 Å². The summed E-state index contributed by atoms with van der Waals surface area (Å²) in [6.07, 6.45) is -1.57. The molecule has 0 fully saturated rings. The van der Waals surface area contributed by atoms with Crippen LogP contribution >= 0.6 is 11.3 Å². The van der Waals surface area contributed by atoms with Crippen LogP contribution in [0.2, 0.25) is 0 Å². The Morgan fingerprint density at radius 3 is 2.70 bits per heavy atom. The van der Waals surface area contributed by atoms with E-state index in [1.807, 2.05) is 0 Å². The highest BCUT2D eigenvalue weighted by Gasteiger charge is 2.31. The molecule has 1 atom stereocenters. The summed E-state index contributed by atoms with van der Waals surface area (Å²) in [5.74, 6) is -0.368. The zero-order valence-corrected chi connectivity index (χ0v) is 14.8. The second-order valence-corrected chi connectivity index (χ2v) is 7.46. The highest BCUT2D eigenvalue weighted by atomic mass is 32.1. The van der Waals surface area contributed by atoms with E-state index in [2.05, 4.69) is 9.72 Å². The molecule has 0 saturated carbocycles. The van der Waals surface area contributed by atoms with Crippen LogP contribution < -0.4 is 10.3 Å². The molecule has 0 radical (unpaired) electrons. The van der Waals surface area contributed by atoms with Gasteiger partial charge in [-0.15, -0.1) is 24.5 Å². The molecule has 5 nitrogen and oxygen atoms in total. The van der Waals surface area contributed by atoms with Crippen LogP contribution in [-0.4, -0.2) is 21.0 Å². The van der Waals surface area contributed by atoms with E-state index >= 15 is 0 Å². The second-order valence-electron chi connectivity index (χ2n) is 6.37. The fraction of sp³-hybridized carbons (Fsp3) is 0.333. The van der Waals surface area contributed by atoms with Crippen LogP contribution in [0.25, 0.3) is 10.2 Å². The summed E-state index contributed by atoms with van der Waals surface area (Å²) in [5, 5.41) is 11.0. The first kappa shape index (κ1) is 18.0. The zero-order chi connectivity index (χ0) is 19.2. The number of hydrogen-bond acceptors (Lipinski definition) is 5. The average Bonchev–Trinajstić information content (AvgIpc) is 3.17. The number of benzene rings is 1. The summed E-state index contributed by atoms with van der Waals surface area (Å²) in [7, 11) is 0. The number of thiophene rings is 1. The average molecular weight is 396 g/mol. The summed E-state index contributed by atoms with van der Waals surface area (Å²) in [5.41, 5.74) is 1.24. The molecule has 1 aromatic carbocycles. The Morgan fingerprint density at radius 1 is 1.26 bits per heavy atom. The maximum absolute atomic E-state index is 12.8. The number of alkyl halides is 3. The molecule has 0 amide bonds. The number of aromatic nitrogens is 2. The van der Waals surface area contributed by atoms with E-state index in [0.717, 1.165) is 37.0 Å². The number of hydrogen-bond donors (Lipinski definition) is 1. The summed E-state index contributed by atoms with van der Waals surface area (Å²) in [4.78, 5) is 19.0. The van der Waals surface area contributed by atoms with Gasteiger partial charge in [0.25, 0.3) is 5.56 Å². The van der Waals surface area contributed by atoms with Crippen molar-refractivity contribution in [1.82, 2.24) is 9.55 Å². The molecule has 0 spiro atoms. The quantitative estimate of drug-likeness (QED) is 0.732. The van der Waals surface area contributed by atoms with Gasteiger partial charge in [0, 0.05) is 4.88 Å². The van der Waals surface area contributed by atoms with E-state index in [0.29, 0.717) is 15.8 Å². The van der Waals surface area contributed by atoms with Crippen LogP contribution in [0.15, 0.2) is 35.4 Å². The summed E-state index contributed by atoms with van der Waals surface area (Å²) in [6, 6.07) is 4.93. The Balaban J connectivity index is 1.57. The minimum absolute atomic E-state index is 0.0358. The van der Waals surface area contributed by atoms with Gasteiger partial charge in [0.15, 0.2) is 0 Å². The predicted octanol–water partition coefficient (Wildman–Crippen LogP) is 3.58. The molecule has 4 rings (SSSR count). The van der Waals surface area contributed by atoms with Crippen molar-refractivity contribution in [3.8, 4) is 5.75 Å². The molecule has 0 aliphatic heterocycles. The second kappa shape index (κ2) is 6.65. The van der Waals surface area contributed by atoms with E-state index in [4.69, 9.17) is 0 Å². The van der Waals surface area contributed by atoms with Crippen LogP contribution in [0.3, 0.4) is 0 Å². The van der Waals surface area contributed by atoms with E-state index in [1.165, 1.54) is 39.2 Å². The van der Waals surface area contributed by atoms with Crippen LogP contribution in [0.5, 0.6) is 5.75 Å². The van der Waals surface area contributed by atoms with Crippen molar-refractivity contribution in [2.75, 3.05) is 0 Å². The minimum atomic E-state index is -4.77. The van der Waals surface area contributed by atoms with Gasteiger partial charge in [0.2, 0.25) is 0 Å². The van der Waals surface area contributed by atoms with Crippen molar-refractivity contribution in [1.29, 1.82) is 0 Å². The fourth-order valence-corrected chi connectivity index (χ4v) is 4.55. The Labute approximate surface area is 155 Å². The molecule has 1 aliphatic carbocycles. The molecular weight excluding hydrogens is 381 g/mol. The lowest BCUT2D eigenvalue weighted by Gasteiger charge is -2.14. The Kier molecular flexibility index (Phi) is 4.43. The van der Waals surface area contributed by atoms with Crippen molar-refractivity contribution in [3.63, 3.8) is 0 Å². The maximum Gasteiger partial charge on any atom is 0.573 e. The lowest BCUT2D eigenvalue weighted by Crippen LogP contribution is -2.24. The number of ether oxygens (including phenoxy) is 1. The molecule has 0 bridgehead atoms. The van der Waals surface area contributed by atoms with Gasteiger partial charge in [0.1, 0.15) is 10.6 Å². The number of nitrogens with zero attached hydrogens (tertiary/aromatic N) is 2. The monoisotopic (exact) mass is 396 g/mol. The van der Waals surface area contributed by atoms with Crippen molar-refractivity contribution in [2.24, 2.45) is 0 Å². The van der Waals surface area contributed by atoms with Gasteiger partial charge in [-0.2, -0.15) is 0 Å². The molecule has 3 aromatic rings. The molecular formula is C18H15F3N2O3S. The molecule has 0 unspecified atom stereocenters. The van der Waals surface area contributed by atoms with Gasteiger partial charge in [-0.3, -0.25) is 9.36 Å². The molecule has 27 heavy (non-hydrogen) atoms. The van der Waals surface area contributed by atoms with Crippen molar-refractivity contribution in [2.45, 2.75) is 38.3 Å². The molecule has 2 aromatic heterocycles. The number of rotatable bonds is 4. The molecule has 1 aliphatic rings. The standard InChI is InChI=1S/C18H15F3N2O3S/c19-18(20,21)26-11-6-4-10(5-7-11)13(24)8-23-9-22-16-15(17(23)25)12-2-1-3-14(12)27-16/h4-7,9,13,24H,1-3,8H2/t13-/m0/s1. The van der Waals surface area contributed by atoms with Gasteiger partial charge in [0.05, 0.1) is 24.4 Å². The summed E-state index contributed by atoms with van der Waals surface area (Å²) < 4.78 is 41.8. The van der Waals surface area contributed by atoms with Gasteiger partial charge in [-0.05, 0) is 42.5 Å². The van der Waals surface area contributed by atoms with Gasteiger partial charge < -0.3 is 9.84 Å². The summed E-state index contributed by atoms with van der Waals surface area (Å²) >= 11 is 1.54. The van der Waals surface area contributed by atoms with E-state index in [9.17, 15) is 23.1 Å². The fourth-order valence-electron chi connectivity index (χ4n) is 3.33. The van der Waals surface area contributed by atoms with Crippen molar-refractivity contribution < 1.29 is 23.0 Å². The number of aryl methyl sites for hydroxylation is 2. The minimum Gasteiger partial charge on any atom is -0.406 e. The van der Waals surface area contributed by atoms with E-state index < -0.39 is 12.5 Å². The van der Waals surface area contributed by atoms with Gasteiger partial charge in [-0.1, -0.05) is 12.1 Å². The molecule has 2 heterocycles. The van der Waals surface area contributed by atoms with Crippen LogP contribution in [0.1, 0.15) is 28.5 Å². The lowest BCUT2D eigenvalue weighted by atomic mass is 10.1. The first-order valence-electron chi connectivity index (χ1n) is 8.35. The third kappa shape index (κ3) is 3.57. The van der Waals surface area contributed by atoms with Crippen molar-refractivity contribution >= 4 is 21.6 Å². The number of halogens is 3. The summed E-state index contributed by atoms with van der Waals surface area (Å²) in [6.45, 7) is -0.0358. The van der Waals surface area contributed by atoms with Crippen LogP contribution in [-0.2, 0) is 19.4 Å². The molecule has 9 heteroatoms. The highest BCUT2D eigenvalue weighted by Crippen LogP contribution is 2.34. The number of fused-ring (bicyclic) bond motifs is 3. The zero-order valence-electron chi connectivity index (χ0n) is 14.0. The predicted molar refractivity (Wildman–Crippen MR) is 94.0 cm³/mol.